The monoisotopic (exact) mass is 388 g/mol. The quantitative estimate of drug-likeness (QED) is 0.555. The van der Waals surface area contributed by atoms with E-state index >= 15 is 0 Å². The highest BCUT2D eigenvalue weighted by molar-refractivity contribution is 9.10. The molecule has 0 aliphatic heterocycles. The van der Waals surface area contributed by atoms with E-state index in [-0.39, 0.29) is 6.10 Å². The van der Waals surface area contributed by atoms with E-state index in [2.05, 4.69) is 51.0 Å². The van der Waals surface area contributed by atoms with E-state index in [9.17, 15) is 0 Å². The average Bonchev–Trinajstić information content (AvgIpc) is 3.23. The lowest BCUT2D eigenvalue weighted by atomic mass is 10.2. The number of ether oxygens (including phenoxy) is 1. The summed E-state index contributed by atoms with van der Waals surface area (Å²) in [5, 5.41) is 6.93. The highest BCUT2D eigenvalue weighted by Gasteiger charge is 2.21. The number of nitrogens with one attached hydrogen (secondary N) is 2. The minimum absolute atomic E-state index is 0.0328. The molecule has 0 aliphatic carbocycles. The van der Waals surface area contributed by atoms with Gasteiger partial charge >= 0.3 is 0 Å². The van der Waals surface area contributed by atoms with Crippen LogP contribution in [0.5, 0.6) is 5.88 Å². The smallest absolute Gasteiger partial charge is 0.238 e. The zero-order valence-electron chi connectivity index (χ0n) is 12.9. The number of fused-ring (bicyclic) bond motifs is 1. The van der Waals surface area contributed by atoms with Crippen LogP contribution in [0.2, 0.25) is 0 Å². The number of rotatable bonds is 4. The molecule has 0 fully saturated rings. The summed E-state index contributed by atoms with van der Waals surface area (Å²) in [6.45, 7) is 3.90. The number of hydrogen-bond acceptors (Lipinski definition) is 6. The van der Waals surface area contributed by atoms with Gasteiger partial charge in [0.1, 0.15) is 11.4 Å². The van der Waals surface area contributed by atoms with Crippen molar-refractivity contribution in [2.24, 2.45) is 0 Å². The summed E-state index contributed by atoms with van der Waals surface area (Å²) in [5.74, 6) is 1.47. The molecule has 0 spiro atoms. The lowest BCUT2D eigenvalue weighted by Gasteiger charge is -2.08. The van der Waals surface area contributed by atoms with E-state index in [0.717, 1.165) is 11.4 Å². The predicted molar refractivity (Wildman–Crippen MR) is 89.4 cm³/mol. The lowest BCUT2D eigenvalue weighted by Crippen LogP contribution is -2.07. The topological polar surface area (TPSA) is 110 Å². The fourth-order valence-electron chi connectivity index (χ4n) is 2.37. The van der Waals surface area contributed by atoms with Crippen LogP contribution in [0.4, 0.5) is 0 Å². The third-order valence-corrected chi connectivity index (χ3v) is 3.60. The number of aromatic nitrogens is 8. The van der Waals surface area contributed by atoms with Gasteiger partial charge in [-0.15, -0.1) is 0 Å². The van der Waals surface area contributed by atoms with Gasteiger partial charge in [-0.3, -0.25) is 9.50 Å². The van der Waals surface area contributed by atoms with Crippen molar-refractivity contribution in [2.45, 2.75) is 20.0 Å². The maximum atomic E-state index is 5.64. The Morgan fingerprint density at radius 3 is 2.79 bits per heavy atom. The molecule has 0 aliphatic rings. The summed E-state index contributed by atoms with van der Waals surface area (Å²) >= 11 is 3.27. The van der Waals surface area contributed by atoms with Crippen molar-refractivity contribution in [2.75, 3.05) is 0 Å². The zero-order valence-corrected chi connectivity index (χ0v) is 14.4. The molecule has 4 rings (SSSR count). The standard InChI is InChI=1S/C14H13BrN8O/c1-7(2)24-9-3-4-23-11(8-5-16-6-17-8)10(19-14(23)18-9)12-20-13(15)22-21-12/h3-7H,1-2H3,(H,16,17)(H,20,21,22). The van der Waals surface area contributed by atoms with Gasteiger partial charge in [-0.05, 0) is 29.8 Å². The summed E-state index contributed by atoms with van der Waals surface area (Å²) in [4.78, 5) is 20.5. The SMILES string of the molecule is CC(C)Oc1ccn2c(-c3cnc[nH]3)c(-c3n[nH]c(Br)n3)nc2n1. The molecule has 4 heterocycles. The van der Waals surface area contributed by atoms with Gasteiger partial charge in [0, 0.05) is 12.3 Å². The molecule has 0 atom stereocenters. The third kappa shape index (κ3) is 2.54. The molecule has 24 heavy (non-hydrogen) atoms. The Morgan fingerprint density at radius 2 is 2.12 bits per heavy atom. The molecule has 2 N–H and O–H groups in total. The number of aromatic amines is 2. The van der Waals surface area contributed by atoms with Gasteiger partial charge in [0.05, 0.1) is 24.3 Å². The van der Waals surface area contributed by atoms with Crippen LogP contribution in [0.3, 0.4) is 0 Å². The molecule has 0 unspecified atom stereocenters. The highest BCUT2D eigenvalue weighted by atomic mass is 79.9. The molecule has 0 saturated carbocycles. The predicted octanol–water partition coefficient (Wildman–Crippen LogP) is 2.45. The van der Waals surface area contributed by atoms with Crippen LogP contribution in [0.1, 0.15) is 13.8 Å². The molecule has 0 aromatic carbocycles. The summed E-state index contributed by atoms with van der Waals surface area (Å²) in [6, 6.07) is 1.80. The second-order valence-electron chi connectivity index (χ2n) is 5.33. The maximum absolute atomic E-state index is 5.64. The van der Waals surface area contributed by atoms with E-state index < -0.39 is 0 Å². The minimum atomic E-state index is 0.0328. The number of hydrogen-bond donors (Lipinski definition) is 2. The van der Waals surface area contributed by atoms with Crippen LogP contribution in [0.25, 0.3) is 28.7 Å². The van der Waals surface area contributed by atoms with E-state index in [0.29, 0.717) is 27.9 Å². The fourth-order valence-corrected chi connectivity index (χ4v) is 2.63. The van der Waals surface area contributed by atoms with Crippen LogP contribution in [0, 0.1) is 0 Å². The third-order valence-electron chi connectivity index (χ3n) is 3.25. The van der Waals surface area contributed by atoms with Gasteiger partial charge in [-0.25, -0.2) is 9.97 Å². The van der Waals surface area contributed by atoms with Crippen LogP contribution >= 0.6 is 15.9 Å². The molecule has 122 valence electrons. The summed E-state index contributed by atoms with van der Waals surface area (Å²) in [7, 11) is 0. The minimum Gasteiger partial charge on any atom is -0.475 e. The number of H-pyrrole nitrogens is 2. The first-order chi connectivity index (χ1) is 11.6. The first-order valence-corrected chi connectivity index (χ1v) is 8.04. The lowest BCUT2D eigenvalue weighted by molar-refractivity contribution is 0.233. The van der Waals surface area contributed by atoms with Gasteiger partial charge in [-0.1, -0.05) is 0 Å². The van der Waals surface area contributed by atoms with Crippen LogP contribution in [0.15, 0.2) is 29.5 Å². The molecule has 4 aromatic heterocycles. The van der Waals surface area contributed by atoms with Crippen molar-refractivity contribution in [3.63, 3.8) is 0 Å². The Balaban J connectivity index is 1.94. The first kappa shape index (κ1) is 14.8. The number of imidazole rings is 2. The van der Waals surface area contributed by atoms with Gasteiger partial charge in [0.15, 0.2) is 4.73 Å². The molecule has 0 amide bonds. The van der Waals surface area contributed by atoms with Crippen LogP contribution in [-0.2, 0) is 0 Å². The van der Waals surface area contributed by atoms with E-state index in [1.807, 2.05) is 24.4 Å². The Morgan fingerprint density at radius 1 is 1.25 bits per heavy atom. The van der Waals surface area contributed by atoms with E-state index in [4.69, 9.17) is 4.74 Å². The number of nitrogens with zero attached hydrogens (tertiary/aromatic N) is 6. The van der Waals surface area contributed by atoms with Crippen molar-refractivity contribution in [1.82, 2.24) is 39.5 Å². The Kier molecular flexibility index (Phi) is 3.53. The average molecular weight is 389 g/mol. The molecule has 0 bridgehead atoms. The van der Waals surface area contributed by atoms with Crippen LogP contribution in [-0.4, -0.2) is 45.6 Å². The molecular weight excluding hydrogens is 376 g/mol. The van der Waals surface area contributed by atoms with Gasteiger partial charge in [0.25, 0.3) is 0 Å². The maximum Gasteiger partial charge on any atom is 0.238 e. The normalized spacial score (nSPS) is 11.5. The summed E-state index contributed by atoms with van der Waals surface area (Å²) in [5.41, 5.74) is 2.16. The van der Waals surface area contributed by atoms with E-state index in [1.54, 1.807) is 18.6 Å². The Labute approximate surface area is 144 Å². The van der Waals surface area contributed by atoms with Crippen molar-refractivity contribution < 1.29 is 4.74 Å². The van der Waals surface area contributed by atoms with Crippen molar-refractivity contribution in [3.8, 4) is 28.8 Å². The molecule has 0 radical (unpaired) electrons. The van der Waals surface area contributed by atoms with Gasteiger partial charge < -0.3 is 9.72 Å². The second-order valence-corrected chi connectivity index (χ2v) is 6.08. The van der Waals surface area contributed by atoms with Gasteiger partial charge in [0.2, 0.25) is 17.5 Å². The van der Waals surface area contributed by atoms with Crippen molar-refractivity contribution in [1.29, 1.82) is 0 Å². The molecule has 9 nitrogen and oxygen atoms in total. The Bertz CT molecular complexity index is 988. The highest BCUT2D eigenvalue weighted by Crippen LogP contribution is 2.30. The fraction of sp³-hybridized carbons (Fsp3) is 0.214. The van der Waals surface area contributed by atoms with Crippen LogP contribution < -0.4 is 4.74 Å². The molecular formula is C14H13BrN8O. The summed E-state index contributed by atoms with van der Waals surface area (Å²) < 4.78 is 8.02. The second kappa shape index (κ2) is 5.71. The largest absolute Gasteiger partial charge is 0.475 e. The molecule has 10 heteroatoms. The van der Waals surface area contributed by atoms with Gasteiger partial charge in [-0.2, -0.15) is 15.1 Å². The molecule has 4 aromatic rings. The Hall–Kier alpha value is -2.75. The van der Waals surface area contributed by atoms with E-state index in [1.165, 1.54) is 0 Å². The summed E-state index contributed by atoms with van der Waals surface area (Å²) in [6.07, 6.45) is 5.21. The molecule has 0 saturated heterocycles. The van der Waals surface area contributed by atoms with Crippen molar-refractivity contribution in [3.05, 3.63) is 29.5 Å². The van der Waals surface area contributed by atoms with Crippen molar-refractivity contribution >= 4 is 21.7 Å². The number of halogens is 1. The first-order valence-electron chi connectivity index (χ1n) is 7.24. The zero-order chi connectivity index (χ0) is 16.7.